The molecule has 0 aliphatic carbocycles. The van der Waals surface area contributed by atoms with Crippen LogP contribution in [0.3, 0.4) is 0 Å². The fourth-order valence-electron chi connectivity index (χ4n) is 2.98. The zero-order chi connectivity index (χ0) is 22.1. The lowest BCUT2D eigenvalue weighted by molar-refractivity contribution is 0.0945. The summed E-state index contributed by atoms with van der Waals surface area (Å²) in [6.45, 7) is 5.48. The molecule has 30 heavy (non-hydrogen) atoms. The van der Waals surface area contributed by atoms with Crippen LogP contribution < -0.4 is 15.8 Å². The highest BCUT2D eigenvalue weighted by molar-refractivity contribution is 6.30. The molecule has 3 N–H and O–H groups in total. The first-order valence-corrected chi connectivity index (χ1v) is 9.75. The number of ether oxygens (including phenoxy) is 1. The number of rotatable bonds is 7. The Labute approximate surface area is 178 Å². The molecule has 0 bridgehead atoms. The van der Waals surface area contributed by atoms with E-state index in [4.69, 9.17) is 22.1 Å². The number of carbonyl (C=O) groups excluding carboxylic acids is 1. The van der Waals surface area contributed by atoms with Crippen molar-refractivity contribution in [2.24, 2.45) is 5.73 Å². The Kier molecular flexibility index (Phi) is 6.28. The van der Waals surface area contributed by atoms with Gasteiger partial charge in [0.2, 0.25) is 0 Å². The number of aryl methyl sites for hydroxylation is 1. The third-order valence-electron chi connectivity index (χ3n) is 4.53. The highest BCUT2D eigenvalue weighted by atomic mass is 35.5. The Morgan fingerprint density at radius 3 is 2.63 bits per heavy atom. The van der Waals surface area contributed by atoms with Crippen LogP contribution in [0.25, 0.3) is 5.65 Å². The summed E-state index contributed by atoms with van der Waals surface area (Å²) in [5.41, 5.74) is 6.41. The first kappa shape index (κ1) is 22.0. The molecule has 9 heteroatoms. The lowest BCUT2D eigenvalue weighted by Gasteiger charge is -2.18. The number of hydrogen-bond donors (Lipinski definition) is 2. The van der Waals surface area contributed by atoms with Crippen LogP contribution in [0.5, 0.6) is 5.75 Å². The quantitative estimate of drug-likeness (QED) is 0.586. The van der Waals surface area contributed by atoms with Gasteiger partial charge in [0.15, 0.2) is 11.4 Å². The summed E-state index contributed by atoms with van der Waals surface area (Å²) >= 11 is 6.19. The van der Waals surface area contributed by atoms with E-state index in [1.165, 1.54) is 22.7 Å². The lowest BCUT2D eigenvalue weighted by Crippen LogP contribution is -2.37. The molecule has 0 aliphatic rings. The maximum Gasteiger partial charge on any atom is 0.270 e. The molecule has 0 radical (unpaired) electrons. The van der Waals surface area contributed by atoms with Gasteiger partial charge in [0.25, 0.3) is 5.91 Å². The Hall–Kier alpha value is -2.71. The van der Waals surface area contributed by atoms with Crippen LogP contribution in [0.4, 0.5) is 8.78 Å². The molecule has 0 saturated carbocycles. The van der Waals surface area contributed by atoms with Gasteiger partial charge >= 0.3 is 0 Å². The number of benzene rings is 1. The molecule has 1 aromatic carbocycles. The molecule has 0 saturated heterocycles. The summed E-state index contributed by atoms with van der Waals surface area (Å²) in [5, 5.41) is 3.10. The van der Waals surface area contributed by atoms with Crippen LogP contribution in [0.1, 0.15) is 42.0 Å². The molecule has 0 spiro atoms. The van der Waals surface area contributed by atoms with Crippen LogP contribution in [0, 0.1) is 18.6 Å². The molecule has 160 valence electrons. The zero-order valence-electron chi connectivity index (χ0n) is 16.9. The van der Waals surface area contributed by atoms with Crippen molar-refractivity contribution in [2.75, 3.05) is 6.54 Å². The van der Waals surface area contributed by atoms with Gasteiger partial charge in [0.1, 0.15) is 23.9 Å². The fraction of sp³-hybridized carbons (Fsp3) is 0.333. The summed E-state index contributed by atoms with van der Waals surface area (Å²) in [6.07, 6.45) is 2.13. The van der Waals surface area contributed by atoms with Gasteiger partial charge in [-0.25, -0.2) is 13.8 Å². The molecule has 2 heterocycles. The predicted molar refractivity (Wildman–Crippen MR) is 111 cm³/mol. The number of amides is 1. The smallest absolute Gasteiger partial charge is 0.270 e. The molecule has 0 fully saturated rings. The summed E-state index contributed by atoms with van der Waals surface area (Å²) in [6, 6.07) is 5.07. The number of halogens is 3. The summed E-state index contributed by atoms with van der Waals surface area (Å²) < 4.78 is 34.9. The lowest BCUT2D eigenvalue weighted by atomic mass is 10.0. The van der Waals surface area contributed by atoms with Crippen molar-refractivity contribution in [3.63, 3.8) is 0 Å². The number of nitrogens with two attached hydrogens (primary N) is 1. The van der Waals surface area contributed by atoms with E-state index in [9.17, 15) is 13.6 Å². The van der Waals surface area contributed by atoms with Gasteiger partial charge in [-0.3, -0.25) is 9.20 Å². The molecule has 0 unspecified atom stereocenters. The van der Waals surface area contributed by atoms with Gasteiger partial charge in [0, 0.05) is 24.3 Å². The number of pyridine rings is 1. The standard InChI is InChI=1S/C21H23ClF2N4O2/c1-12-18(20(29)26-8-7-21(2,3)25)28-10-13(22)9-17(19(28)27-12)30-11-14-15(23)5-4-6-16(14)24/h4-6,9-10H,7-8,11,25H2,1-3H3,(H,26,29). The molecular formula is C21H23ClF2N4O2. The van der Waals surface area contributed by atoms with E-state index in [0.717, 1.165) is 12.1 Å². The molecular weight excluding hydrogens is 414 g/mol. The van der Waals surface area contributed by atoms with Crippen LogP contribution in [0.15, 0.2) is 30.5 Å². The Balaban J connectivity index is 1.89. The highest BCUT2D eigenvalue weighted by Crippen LogP contribution is 2.28. The second-order valence-electron chi connectivity index (χ2n) is 7.75. The van der Waals surface area contributed by atoms with E-state index in [0.29, 0.717) is 30.0 Å². The maximum atomic E-state index is 13.9. The minimum atomic E-state index is -0.713. The molecule has 2 aromatic heterocycles. The topological polar surface area (TPSA) is 81.7 Å². The first-order chi connectivity index (χ1) is 14.1. The van der Waals surface area contributed by atoms with Crippen LogP contribution in [-0.2, 0) is 6.61 Å². The number of carbonyl (C=O) groups is 1. The van der Waals surface area contributed by atoms with Crippen LogP contribution in [-0.4, -0.2) is 27.4 Å². The predicted octanol–water partition coefficient (Wildman–Crippen LogP) is 4.01. The maximum absolute atomic E-state index is 13.9. The van der Waals surface area contributed by atoms with Crippen molar-refractivity contribution >= 4 is 23.2 Å². The average Bonchev–Trinajstić information content (AvgIpc) is 2.95. The second kappa shape index (κ2) is 8.57. The molecule has 3 aromatic rings. The Morgan fingerprint density at radius 1 is 1.33 bits per heavy atom. The molecule has 0 atom stereocenters. The van der Waals surface area contributed by atoms with Crippen LogP contribution >= 0.6 is 11.6 Å². The summed E-state index contributed by atoms with van der Waals surface area (Å²) in [4.78, 5) is 17.1. The van der Waals surface area contributed by atoms with Gasteiger partial charge in [-0.2, -0.15) is 0 Å². The van der Waals surface area contributed by atoms with Crippen molar-refractivity contribution in [3.05, 3.63) is 64.1 Å². The minimum Gasteiger partial charge on any atom is -0.485 e. The van der Waals surface area contributed by atoms with E-state index >= 15 is 0 Å². The molecule has 0 aliphatic heterocycles. The van der Waals surface area contributed by atoms with Gasteiger partial charge in [0.05, 0.1) is 16.3 Å². The number of fused-ring (bicyclic) bond motifs is 1. The largest absolute Gasteiger partial charge is 0.485 e. The third kappa shape index (κ3) is 4.88. The average molecular weight is 437 g/mol. The highest BCUT2D eigenvalue weighted by Gasteiger charge is 2.21. The normalized spacial score (nSPS) is 11.7. The van der Waals surface area contributed by atoms with Gasteiger partial charge in [-0.1, -0.05) is 17.7 Å². The molecule has 6 nitrogen and oxygen atoms in total. The minimum absolute atomic E-state index is 0.204. The Morgan fingerprint density at radius 2 is 2.00 bits per heavy atom. The number of hydrogen-bond acceptors (Lipinski definition) is 4. The molecule has 1 amide bonds. The van der Waals surface area contributed by atoms with Crippen molar-refractivity contribution < 1.29 is 18.3 Å². The third-order valence-corrected chi connectivity index (χ3v) is 4.74. The van der Waals surface area contributed by atoms with E-state index in [2.05, 4.69) is 10.3 Å². The van der Waals surface area contributed by atoms with Crippen LogP contribution in [0.2, 0.25) is 5.02 Å². The fourth-order valence-corrected chi connectivity index (χ4v) is 3.17. The number of aromatic nitrogens is 2. The van der Waals surface area contributed by atoms with Crippen molar-refractivity contribution in [1.82, 2.24) is 14.7 Å². The van der Waals surface area contributed by atoms with E-state index in [1.54, 1.807) is 6.92 Å². The monoisotopic (exact) mass is 436 g/mol. The Bertz CT molecular complexity index is 1070. The van der Waals surface area contributed by atoms with Gasteiger partial charge < -0.3 is 15.8 Å². The van der Waals surface area contributed by atoms with Gasteiger partial charge in [-0.15, -0.1) is 0 Å². The molecule has 3 rings (SSSR count). The van der Waals surface area contributed by atoms with Crippen molar-refractivity contribution in [2.45, 2.75) is 39.3 Å². The number of nitrogens with zero attached hydrogens (tertiary/aromatic N) is 2. The number of nitrogens with one attached hydrogen (secondary N) is 1. The summed E-state index contributed by atoms with van der Waals surface area (Å²) in [5.74, 6) is -1.56. The zero-order valence-corrected chi connectivity index (χ0v) is 17.7. The number of imidazole rings is 1. The second-order valence-corrected chi connectivity index (χ2v) is 8.18. The SMILES string of the molecule is Cc1nc2c(OCc3c(F)cccc3F)cc(Cl)cn2c1C(=O)NCCC(C)(C)N. The van der Waals surface area contributed by atoms with Gasteiger partial charge in [-0.05, 0) is 39.3 Å². The summed E-state index contributed by atoms with van der Waals surface area (Å²) in [7, 11) is 0. The van der Waals surface area contributed by atoms with E-state index in [-0.39, 0.29) is 28.8 Å². The van der Waals surface area contributed by atoms with E-state index < -0.39 is 17.2 Å². The van der Waals surface area contributed by atoms with Crippen molar-refractivity contribution in [3.8, 4) is 5.75 Å². The van der Waals surface area contributed by atoms with E-state index in [1.807, 2.05) is 13.8 Å². The first-order valence-electron chi connectivity index (χ1n) is 9.38. The van der Waals surface area contributed by atoms with Crippen molar-refractivity contribution in [1.29, 1.82) is 0 Å².